The van der Waals surface area contributed by atoms with Crippen LogP contribution in [0.1, 0.15) is 41.3 Å². The van der Waals surface area contributed by atoms with E-state index in [0.29, 0.717) is 11.3 Å². The number of carbonyl (C=O) groups excluding carboxylic acids is 1. The van der Waals surface area contributed by atoms with Gasteiger partial charge in [-0.1, -0.05) is 31.2 Å². The summed E-state index contributed by atoms with van der Waals surface area (Å²) in [6.07, 6.45) is 3.58. The second-order valence-corrected chi connectivity index (χ2v) is 9.53. The topological polar surface area (TPSA) is 63.8 Å². The van der Waals surface area contributed by atoms with Crippen LogP contribution in [0.5, 0.6) is 11.5 Å². The van der Waals surface area contributed by atoms with Crippen LogP contribution >= 0.6 is 0 Å². The minimum atomic E-state index is -0.371. The normalized spacial score (nSPS) is 13.2. The summed E-state index contributed by atoms with van der Waals surface area (Å²) in [6, 6.07) is 22.5. The lowest BCUT2D eigenvalue weighted by molar-refractivity contribution is 0.0597. The molecule has 200 valence electrons. The van der Waals surface area contributed by atoms with Crippen LogP contribution in [0.4, 0.5) is 0 Å². The lowest BCUT2D eigenvalue weighted by Crippen LogP contribution is -2.25. The molecule has 3 aromatic carbocycles. The summed E-state index contributed by atoms with van der Waals surface area (Å²) in [4.78, 5) is 17.3. The zero-order valence-electron chi connectivity index (χ0n) is 22.9. The molecule has 0 saturated carbocycles. The number of esters is 1. The number of hydrogen-bond acceptors (Lipinski definition) is 5. The van der Waals surface area contributed by atoms with Gasteiger partial charge in [-0.05, 0) is 98.4 Å². The second kappa shape index (κ2) is 13.2. The number of nitrogens with zero attached hydrogens (tertiary/aromatic N) is 1. The first-order valence-corrected chi connectivity index (χ1v) is 13.3. The highest BCUT2D eigenvalue weighted by molar-refractivity contribution is 5.92. The van der Waals surface area contributed by atoms with E-state index in [1.807, 2.05) is 19.1 Å². The molecule has 0 atom stereocenters. The van der Waals surface area contributed by atoms with E-state index < -0.39 is 0 Å². The molecule has 1 aliphatic rings. The molecule has 1 N–H and O–H groups in total. The minimum absolute atomic E-state index is 0.371. The van der Waals surface area contributed by atoms with E-state index >= 15 is 0 Å². The molecule has 0 spiro atoms. The summed E-state index contributed by atoms with van der Waals surface area (Å²) in [7, 11) is 2.90. The molecule has 1 fully saturated rings. The van der Waals surface area contributed by atoms with E-state index in [2.05, 4.69) is 70.1 Å². The van der Waals surface area contributed by atoms with Crippen molar-refractivity contribution in [3.8, 4) is 22.8 Å². The van der Waals surface area contributed by atoms with Gasteiger partial charge < -0.3 is 19.2 Å². The van der Waals surface area contributed by atoms with Crippen LogP contribution in [-0.2, 0) is 11.2 Å². The van der Waals surface area contributed by atoms with Gasteiger partial charge >= 0.3 is 5.97 Å². The van der Waals surface area contributed by atoms with Crippen LogP contribution in [0, 0.1) is 6.92 Å². The highest BCUT2D eigenvalue weighted by Gasteiger charge is 2.13. The number of rotatable bonds is 8. The Morgan fingerprint density at radius 3 is 2.42 bits per heavy atom. The number of hydrogen-bond donors (Lipinski definition) is 1. The number of benzene rings is 3. The highest BCUT2D eigenvalue weighted by atomic mass is 16.5. The zero-order valence-corrected chi connectivity index (χ0v) is 22.9. The van der Waals surface area contributed by atoms with Crippen LogP contribution < -0.4 is 9.47 Å². The Balaban J connectivity index is 0.000000206. The lowest BCUT2D eigenvalue weighted by Gasteiger charge is -2.16. The van der Waals surface area contributed by atoms with Crippen molar-refractivity contribution >= 4 is 16.9 Å². The Morgan fingerprint density at radius 1 is 0.947 bits per heavy atom. The summed E-state index contributed by atoms with van der Waals surface area (Å²) in [6.45, 7) is 8.42. The molecule has 0 bridgehead atoms. The maximum absolute atomic E-state index is 11.3. The summed E-state index contributed by atoms with van der Waals surface area (Å²) < 4.78 is 15.7. The Labute approximate surface area is 225 Å². The van der Waals surface area contributed by atoms with Crippen LogP contribution in [0.3, 0.4) is 0 Å². The fraction of sp³-hybridized carbons (Fsp3) is 0.344. The molecule has 1 aliphatic heterocycles. The number of methoxy groups -OCH3 is 2. The maximum Gasteiger partial charge on any atom is 0.341 e. The molecule has 6 nitrogen and oxygen atoms in total. The molecule has 0 aliphatic carbocycles. The fourth-order valence-corrected chi connectivity index (χ4v) is 4.73. The summed E-state index contributed by atoms with van der Waals surface area (Å²) in [5.74, 6) is 1.19. The van der Waals surface area contributed by atoms with Gasteiger partial charge in [0.2, 0.25) is 0 Å². The van der Waals surface area contributed by atoms with E-state index in [0.717, 1.165) is 36.6 Å². The number of nitrogens with one attached hydrogen (secondary N) is 1. The molecule has 38 heavy (non-hydrogen) atoms. The third kappa shape index (κ3) is 6.75. The molecule has 0 radical (unpaired) electrons. The van der Waals surface area contributed by atoms with E-state index in [4.69, 9.17) is 9.47 Å². The van der Waals surface area contributed by atoms with Crippen molar-refractivity contribution in [1.29, 1.82) is 0 Å². The number of fused-ring (bicyclic) bond motifs is 1. The van der Waals surface area contributed by atoms with Crippen LogP contribution in [0.2, 0.25) is 0 Å². The molecule has 0 amide bonds. The molecule has 0 unspecified atom stereocenters. The number of ether oxygens (including phenoxy) is 3. The van der Waals surface area contributed by atoms with Crippen molar-refractivity contribution in [2.75, 3.05) is 40.5 Å². The fourth-order valence-electron chi connectivity index (χ4n) is 4.73. The van der Waals surface area contributed by atoms with Gasteiger partial charge in [0.05, 0.1) is 14.2 Å². The van der Waals surface area contributed by atoms with Crippen molar-refractivity contribution in [3.63, 3.8) is 0 Å². The number of para-hydroxylation sites is 1. The predicted molar refractivity (Wildman–Crippen MR) is 153 cm³/mol. The standard InChI is InChI=1S/C21H24N2O.C11H14O3/c1-16-14-18(20-15-17-6-2-3-7-19(17)22-20)8-9-21(16)24-13-12-23-10-4-5-11-23;1-4-8-5-6-9(11(12)14-3)10(7-8)13-2/h2-3,6-9,14-15,22H,4-5,10-13H2,1H3;5-7H,4H2,1-3H3. The molecule has 2 heterocycles. The number of aromatic amines is 1. The smallest absolute Gasteiger partial charge is 0.341 e. The Bertz CT molecular complexity index is 1320. The summed E-state index contributed by atoms with van der Waals surface area (Å²) in [5.41, 5.74) is 6.32. The molecule has 1 aromatic heterocycles. The van der Waals surface area contributed by atoms with Crippen LogP contribution in [-0.4, -0.2) is 56.3 Å². The van der Waals surface area contributed by atoms with E-state index in [1.165, 1.54) is 55.1 Å². The molecule has 5 rings (SSSR count). The molecule has 4 aromatic rings. The molecule has 1 saturated heterocycles. The van der Waals surface area contributed by atoms with Gasteiger partial charge in [-0.3, -0.25) is 4.90 Å². The Morgan fingerprint density at radius 2 is 1.74 bits per heavy atom. The van der Waals surface area contributed by atoms with Gasteiger partial charge in [0, 0.05) is 23.1 Å². The van der Waals surface area contributed by atoms with Crippen LogP contribution in [0.25, 0.3) is 22.2 Å². The quantitative estimate of drug-likeness (QED) is 0.266. The van der Waals surface area contributed by atoms with Crippen molar-refractivity contribution in [2.24, 2.45) is 0 Å². The van der Waals surface area contributed by atoms with Gasteiger partial charge in [-0.2, -0.15) is 0 Å². The monoisotopic (exact) mass is 514 g/mol. The Kier molecular flexibility index (Phi) is 9.44. The zero-order chi connectivity index (χ0) is 26.9. The van der Waals surface area contributed by atoms with Crippen molar-refractivity contribution in [1.82, 2.24) is 9.88 Å². The summed E-state index contributed by atoms with van der Waals surface area (Å²) in [5, 5.41) is 1.25. The first kappa shape index (κ1) is 27.3. The van der Waals surface area contributed by atoms with Crippen molar-refractivity contribution in [3.05, 3.63) is 83.4 Å². The largest absolute Gasteiger partial charge is 0.496 e. The van der Waals surface area contributed by atoms with E-state index in [-0.39, 0.29) is 5.97 Å². The first-order valence-electron chi connectivity index (χ1n) is 13.3. The SMILES string of the molecule is CCc1ccc(C(=O)OC)c(OC)c1.Cc1cc(-c2cc3ccccc3[nH]2)ccc1OCCN1CCCC1. The first-order chi connectivity index (χ1) is 18.5. The van der Waals surface area contributed by atoms with Crippen molar-refractivity contribution in [2.45, 2.75) is 33.1 Å². The molecular formula is C32H38N2O4. The number of likely N-dealkylation sites (tertiary alicyclic amines) is 1. The third-order valence-electron chi connectivity index (χ3n) is 6.96. The maximum atomic E-state index is 11.3. The number of H-pyrrole nitrogens is 1. The number of aromatic nitrogens is 1. The van der Waals surface area contributed by atoms with Gasteiger partial charge in [-0.15, -0.1) is 0 Å². The van der Waals surface area contributed by atoms with Crippen molar-refractivity contribution < 1.29 is 19.0 Å². The molecule has 6 heteroatoms. The Hall–Kier alpha value is -3.77. The van der Waals surface area contributed by atoms with Crippen LogP contribution in [0.15, 0.2) is 66.7 Å². The number of aryl methyl sites for hydroxylation is 2. The number of carbonyl (C=O) groups is 1. The van der Waals surface area contributed by atoms with Gasteiger partial charge in [-0.25, -0.2) is 4.79 Å². The third-order valence-corrected chi connectivity index (χ3v) is 6.96. The lowest BCUT2D eigenvalue weighted by atomic mass is 10.1. The minimum Gasteiger partial charge on any atom is -0.496 e. The highest BCUT2D eigenvalue weighted by Crippen LogP contribution is 2.28. The summed E-state index contributed by atoms with van der Waals surface area (Å²) >= 11 is 0. The van der Waals surface area contributed by atoms with E-state index in [9.17, 15) is 4.79 Å². The van der Waals surface area contributed by atoms with Gasteiger partial charge in [0.15, 0.2) is 0 Å². The average Bonchev–Trinajstić information content (AvgIpc) is 3.63. The van der Waals surface area contributed by atoms with E-state index in [1.54, 1.807) is 13.2 Å². The molecular weight excluding hydrogens is 476 g/mol. The predicted octanol–water partition coefficient (Wildman–Crippen LogP) is 6.66. The second-order valence-electron chi connectivity index (χ2n) is 9.53. The van der Waals surface area contributed by atoms with Gasteiger partial charge in [0.25, 0.3) is 0 Å². The average molecular weight is 515 g/mol. The van der Waals surface area contributed by atoms with Gasteiger partial charge in [0.1, 0.15) is 23.7 Å².